The van der Waals surface area contributed by atoms with Gasteiger partial charge in [0.1, 0.15) is 22.8 Å². The zero-order valence-corrected chi connectivity index (χ0v) is 18.7. The van der Waals surface area contributed by atoms with Gasteiger partial charge in [-0.05, 0) is 66.2 Å². The molecule has 0 aliphatic heterocycles. The monoisotopic (exact) mass is 466 g/mol. The number of para-hydroxylation sites is 1. The molecule has 3 N–H and O–H groups in total. The van der Waals surface area contributed by atoms with Crippen LogP contribution in [0.4, 0.5) is 0 Å². The number of carbonyl (C=O) groups excluding carboxylic acids is 2. The molecule has 0 saturated carbocycles. The second-order valence-corrected chi connectivity index (χ2v) is 7.41. The van der Waals surface area contributed by atoms with Gasteiger partial charge in [-0.15, -0.1) is 0 Å². The van der Waals surface area contributed by atoms with Crippen LogP contribution in [0.3, 0.4) is 0 Å². The molecule has 0 aliphatic carbocycles. The van der Waals surface area contributed by atoms with Gasteiger partial charge < -0.3 is 20.5 Å². The highest BCUT2D eigenvalue weighted by atomic mass is 16.5. The molecule has 2 amide bonds. The Kier molecular flexibility index (Phi) is 7.13. The van der Waals surface area contributed by atoms with Crippen LogP contribution >= 0.6 is 0 Å². The third kappa shape index (κ3) is 6.08. The number of ether oxygens (including phenoxy) is 2. The van der Waals surface area contributed by atoms with E-state index in [1.165, 1.54) is 6.08 Å². The quantitative estimate of drug-likeness (QED) is 0.348. The van der Waals surface area contributed by atoms with E-state index in [9.17, 15) is 9.59 Å². The van der Waals surface area contributed by atoms with E-state index >= 15 is 0 Å². The number of nitrogens with zero attached hydrogens (tertiary/aromatic N) is 2. The molecule has 174 valence electrons. The number of benzene rings is 2. The molecule has 2 heterocycles. The van der Waals surface area contributed by atoms with Crippen molar-refractivity contribution in [1.29, 1.82) is 0 Å². The first-order valence-corrected chi connectivity index (χ1v) is 10.7. The summed E-state index contributed by atoms with van der Waals surface area (Å²) >= 11 is 0. The molecule has 4 aromatic rings. The number of amides is 2. The average molecular weight is 466 g/mol. The molecule has 4 rings (SSSR count). The number of hydrogen-bond acceptors (Lipinski definition) is 6. The smallest absolute Gasteiger partial charge is 0.254 e. The van der Waals surface area contributed by atoms with E-state index < -0.39 is 5.91 Å². The summed E-state index contributed by atoms with van der Waals surface area (Å²) in [6.07, 6.45) is 4.47. The van der Waals surface area contributed by atoms with Crippen LogP contribution in [-0.2, 0) is 11.3 Å². The number of pyridine rings is 2. The highest BCUT2D eigenvalue weighted by Gasteiger charge is 2.15. The van der Waals surface area contributed by atoms with Gasteiger partial charge in [-0.1, -0.05) is 24.8 Å². The van der Waals surface area contributed by atoms with Gasteiger partial charge in [0.25, 0.3) is 5.91 Å². The number of primary amides is 1. The summed E-state index contributed by atoms with van der Waals surface area (Å²) in [5, 5.41) is 2.70. The van der Waals surface area contributed by atoms with Crippen molar-refractivity contribution in [2.24, 2.45) is 5.73 Å². The molecule has 35 heavy (non-hydrogen) atoms. The minimum atomic E-state index is -0.665. The standard InChI is InChI=1S/C27H22N4O4/c1-2-25(32)30-16-18-14-19(17-29-15-18)24-13-12-23(26(28)33)27(31-24)35-22-10-8-21(9-11-22)34-20-6-4-3-5-7-20/h2-15,17H,1,16H2,(H2,28,33)(H,30,32). The van der Waals surface area contributed by atoms with Crippen molar-refractivity contribution < 1.29 is 19.1 Å². The van der Waals surface area contributed by atoms with Crippen molar-refractivity contribution in [3.8, 4) is 34.4 Å². The maximum absolute atomic E-state index is 12.0. The van der Waals surface area contributed by atoms with Gasteiger partial charge in [0.2, 0.25) is 11.8 Å². The van der Waals surface area contributed by atoms with Crippen molar-refractivity contribution in [3.05, 3.63) is 109 Å². The van der Waals surface area contributed by atoms with E-state index in [1.807, 2.05) is 36.4 Å². The number of rotatable bonds is 9. The fourth-order valence-corrected chi connectivity index (χ4v) is 3.16. The molecule has 8 heteroatoms. The van der Waals surface area contributed by atoms with Crippen molar-refractivity contribution in [3.63, 3.8) is 0 Å². The van der Waals surface area contributed by atoms with Crippen LogP contribution in [0.5, 0.6) is 23.1 Å². The summed E-state index contributed by atoms with van der Waals surface area (Å²) < 4.78 is 11.7. The first kappa shape index (κ1) is 23.2. The van der Waals surface area contributed by atoms with Gasteiger partial charge in [0, 0.05) is 24.5 Å². The highest BCUT2D eigenvalue weighted by Crippen LogP contribution is 2.29. The van der Waals surface area contributed by atoms with E-state index in [-0.39, 0.29) is 23.9 Å². The molecule has 0 unspecified atom stereocenters. The number of hydrogen-bond donors (Lipinski definition) is 2. The van der Waals surface area contributed by atoms with E-state index in [0.717, 1.165) is 5.56 Å². The number of aromatic nitrogens is 2. The summed E-state index contributed by atoms with van der Waals surface area (Å²) in [5.74, 6) is 0.921. The maximum atomic E-state index is 12.0. The molecule has 0 fully saturated rings. The predicted molar refractivity (Wildman–Crippen MR) is 131 cm³/mol. The van der Waals surface area contributed by atoms with E-state index in [1.54, 1.807) is 48.8 Å². The van der Waals surface area contributed by atoms with Crippen molar-refractivity contribution in [1.82, 2.24) is 15.3 Å². The lowest BCUT2D eigenvalue weighted by Crippen LogP contribution is -2.20. The Balaban J connectivity index is 1.55. The van der Waals surface area contributed by atoms with Crippen molar-refractivity contribution in [2.45, 2.75) is 6.54 Å². The summed E-state index contributed by atoms with van der Waals surface area (Å²) in [6, 6.07) is 21.4. The number of nitrogens with two attached hydrogens (primary N) is 1. The van der Waals surface area contributed by atoms with Gasteiger partial charge >= 0.3 is 0 Å². The molecule has 0 bridgehead atoms. The number of nitrogens with one attached hydrogen (secondary N) is 1. The molecular formula is C27H22N4O4. The topological polar surface area (TPSA) is 116 Å². The van der Waals surface area contributed by atoms with Crippen molar-refractivity contribution in [2.75, 3.05) is 0 Å². The molecular weight excluding hydrogens is 444 g/mol. The Bertz CT molecular complexity index is 1360. The molecule has 0 radical (unpaired) electrons. The van der Waals surface area contributed by atoms with Crippen LogP contribution in [0.2, 0.25) is 0 Å². The Morgan fingerprint density at radius 3 is 2.29 bits per heavy atom. The second kappa shape index (κ2) is 10.8. The van der Waals surface area contributed by atoms with Crippen LogP contribution < -0.4 is 20.5 Å². The lowest BCUT2D eigenvalue weighted by atomic mass is 10.1. The fraction of sp³-hybridized carbons (Fsp3) is 0.0370. The molecule has 0 aliphatic rings. The largest absolute Gasteiger partial charge is 0.457 e. The Morgan fingerprint density at radius 1 is 0.914 bits per heavy atom. The second-order valence-electron chi connectivity index (χ2n) is 7.41. The predicted octanol–water partition coefficient (Wildman–Crippen LogP) is 4.63. The zero-order valence-electron chi connectivity index (χ0n) is 18.7. The lowest BCUT2D eigenvalue weighted by Gasteiger charge is -2.12. The third-order valence-corrected chi connectivity index (χ3v) is 4.89. The fourth-order valence-electron chi connectivity index (χ4n) is 3.16. The Morgan fingerprint density at radius 2 is 1.60 bits per heavy atom. The van der Waals surface area contributed by atoms with E-state index in [0.29, 0.717) is 28.5 Å². The zero-order chi connectivity index (χ0) is 24.6. The Hall–Kier alpha value is -4.98. The van der Waals surface area contributed by atoms with Gasteiger partial charge in [-0.2, -0.15) is 0 Å². The molecule has 0 atom stereocenters. The maximum Gasteiger partial charge on any atom is 0.254 e. The van der Waals surface area contributed by atoms with E-state index in [2.05, 4.69) is 21.9 Å². The summed E-state index contributed by atoms with van der Waals surface area (Å²) in [7, 11) is 0. The van der Waals surface area contributed by atoms with Crippen LogP contribution in [0.25, 0.3) is 11.3 Å². The van der Waals surface area contributed by atoms with Crippen LogP contribution in [0, 0.1) is 0 Å². The van der Waals surface area contributed by atoms with Gasteiger partial charge in [0.05, 0.1) is 5.69 Å². The van der Waals surface area contributed by atoms with Crippen LogP contribution in [-0.4, -0.2) is 21.8 Å². The molecule has 0 saturated heterocycles. The lowest BCUT2D eigenvalue weighted by molar-refractivity contribution is -0.116. The third-order valence-electron chi connectivity index (χ3n) is 4.89. The minimum absolute atomic E-state index is 0.0668. The average Bonchev–Trinajstić information content (AvgIpc) is 2.89. The van der Waals surface area contributed by atoms with Crippen molar-refractivity contribution >= 4 is 11.8 Å². The van der Waals surface area contributed by atoms with E-state index in [4.69, 9.17) is 15.2 Å². The molecule has 2 aromatic carbocycles. The number of carbonyl (C=O) groups is 2. The molecule has 2 aromatic heterocycles. The summed E-state index contributed by atoms with van der Waals surface area (Å²) in [6.45, 7) is 3.72. The molecule has 0 spiro atoms. The highest BCUT2D eigenvalue weighted by molar-refractivity contribution is 5.95. The van der Waals surface area contributed by atoms with Gasteiger partial charge in [0.15, 0.2) is 0 Å². The van der Waals surface area contributed by atoms with Crippen LogP contribution in [0.15, 0.2) is 97.8 Å². The Labute approximate surface area is 202 Å². The van der Waals surface area contributed by atoms with Crippen LogP contribution in [0.1, 0.15) is 15.9 Å². The summed E-state index contributed by atoms with van der Waals surface area (Å²) in [4.78, 5) is 32.1. The summed E-state index contributed by atoms with van der Waals surface area (Å²) in [5.41, 5.74) is 7.65. The van der Waals surface area contributed by atoms with Gasteiger partial charge in [-0.3, -0.25) is 14.6 Å². The first-order chi connectivity index (χ1) is 17.0. The van der Waals surface area contributed by atoms with Gasteiger partial charge in [-0.25, -0.2) is 4.98 Å². The normalized spacial score (nSPS) is 10.3. The minimum Gasteiger partial charge on any atom is -0.457 e. The SMILES string of the molecule is C=CC(=O)NCc1cncc(-c2ccc(C(N)=O)c(Oc3ccc(Oc4ccccc4)cc3)n2)c1. The molecule has 8 nitrogen and oxygen atoms in total. The first-order valence-electron chi connectivity index (χ1n) is 10.7.